The molecule has 0 spiro atoms. The average molecular weight is 418 g/mol. The quantitative estimate of drug-likeness (QED) is 0.335. The van der Waals surface area contributed by atoms with E-state index in [1.54, 1.807) is 0 Å². The van der Waals surface area contributed by atoms with Crippen molar-refractivity contribution in [3.63, 3.8) is 0 Å². The number of benzene rings is 3. The summed E-state index contributed by atoms with van der Waals surface area (Å²) in [6.07, 6.45) is 4.83. The van der Waals surface area contributed by atoms with Crippen molar-refractivity contribution in [3.8, 4) is 0 Å². The minimum absolute atomic E-state index is 0.127. The number of hydrogen-bond acceptors (Lipinski definition) is 1. The van der Waals surface area contributed by atoms with Crippen molar-refractivity contribution < 1.29 is 4.79 Å². The molecule has 2 nitrogen and oxygen atoms in total. The molecule has 0 saturated heterocycles. The SMILES string of the molecule is O=C1/C(=C/c2cn(Cc3ccc(Cl)c(Cl)c3)c3ccccc23)Cc2ccccc21. The van der Waals surface area contributed by atoms with Crippen molar-refractivity contribution in [2.45, 2.75) is 13.0 Å². The maximum atomic E-state index is 12.8. The standard InChI is InChI=1S/C25H17Cl2NO/c26-22-10-9-16(11-23(22)27)14-28-15-19(20-6-3-4-8-24(20)28)13-18-12-17-5-1-2-7-21(17)25(18)29/h1-11,13,15H,12,14H2/b18-13+. The molecule has 1 heterocycles. The van der Waals surface area contributed by atoms with Gasteiger partial charge in [-0.25, -0.2) is 0 Å². The highest BCUT2D eigenvalue weighted by Gasteiger charge is 2.24. The Morgan fingerprint density at radius 3 is 2.55 bits per heavy atom. The summed E-state index contributed by atoms with van der Waals surface area (Å²) in [5.41, 5.74) is 6.00. The summed E-state index contributed by atoms with van der Waals surface area (Å²) in [6, 6.07) is 21.8. The Bertz CT molecular complexity index is 1300. The zero-order chi connectivity index (χ0) is 20.0. The van der Waals surface area contributed by atoms with Crippen LogP contribution in [0.25, 0.3) is 17.0 Å². The molecule has 0 aliphatic heterocycles. The number of hydrogen-bond donors (Lipinski definition) is 0. The lowest BCUT2D eigenvalue weighted by molar-refractivity contribution is 0.104. The van der Waals surface area contributed by atoms with E-state index in [9.17, 15) is 4.79 Å². The van der Waals surface area contributed by atoms with Crippen LogP contribution in [-0.2, 0) is 13.0 Å². The number of fused-ring (bicyclic) bond motifs is 2. The fraction of sp³-hybridized carbons (Fsp3) is 0.0800. The van der Waals surface area contributed by atoms with Gasteiger partial charge in [0.2, 0.25) is 0 Å². The first-order valence-corrected chi connectivity index (χ1v) is 10.2. The van der Waals surface area contributed by atoms with E-state index in [1.165, 1.54) is 0 Å². The molecule has 0 bridgehead atoms. The van der Waals surface area contributed by atoms with Gasteiger partial charge in [-0.2, -0.15) is 0 Å². The summed E-state index contributed by atoms with van der Waals surface area (Å²) in [6.45, 7) is 0.675. The number of rotatable bonds is 3. The van der Waals surface area contributed by atoms with Crippen molar-refractivity contribution in [2.24, 2.45) is 0 Å². The van der Waals surface area contributed by atoms with Crippen LogP contribution in [0.2, 0.25) is 10.0 Å². The normalized spacial score (nSPS) is 14.7. The van der Waals surface area contributed by atoms with E-state index < -0.39 is 0 Å². The topological polar surface area (TPSA) is 22.0 Å². The summed E-state index contributed by atoms with van der Waals surface area (Å²) in [7, 11) is 0. The second-order valence-electron chi connectivity index (χ2n) is 7.31. The second kappa shape index (κ2) is 7.22. The zero-order valence-electron chi connectivity index (χ0n) is 15.5. The molecule has 5 rings (SSSR count). The molecule has 0 saturated carbocycles. The van der Waals surface area contributed by atoms with Crippen molar-refractivity contribution in [3.05, 3.63) is 111 Å². The lowest BCUT2D eigenvalue weighted by atomic mass is 10.1. The highest BCUT2D eigenvalue weighted by Crippen LogP contribution is 2.31. The van der Waals surface area contributed by atoms with Gasteiger partial charge < -0.3 is 4.57 Å². The molecular formula is C25H17Cl2NO. The van der Waals surface area contributed by atoms with Crippen molar-refractivity contribution in [1.29, 1.82) is 0 Å². The zero-order valence-corrected chi connectivity index (χ0v) is 17.0. The first-order valence-electron chi connectivity index (χ1n) is 9.45. The van der Waals surface area contributed by atoms with Crippen LogP contribution < -0.4 is 0 Å². The van der Waals surface area contributed by atoms with Crippen LogP contribution in [0.5, 0.6) is 0 Å². The maximum Gasteiger partial charge on any atom is 0.189 e. The van der Waals surface area contributed by atoms with Gasteiger partial charge in [0.25, 0.3) is 0 Å². The van der Waals surface area contributed by atoms with Crippen molar-refractivity contribution in [1.82, 2.24) is 4.57 Å². The predicted octanol–water partition coefficient (Wildman–Crippen LogP) is 6.82. The Hall–Kier alpha value is -2.81. The van der Waals surface area contributed by atoms with Gasteiger partial charge in [-0.05, 0) is 35.4 Å². The fourth-order valence-electron chi connectivity index (χ4n) is 4.01. The molecule has 1 aliphatic rings. The minimum atomic E-state index is 0.127. The fourth-order valence-corrected chi connectivity index (χ4v) is 4.34. The molecule has 0 radical (unpaired) electrons. The second-order valence-corrected chi connectivity index (χ2v) is 8.12. The number of carbonyl (C=O) groups excluding carboxylic acids is 1. The van der Waals surface area contributed by atoms with Crippen molar-refractivity contribution >= 4 is 46.0 Å². The molecule has 142 valence electrons. The maximum absolute atomic E-state index is 12.8. The van der Waals surface area contributed by atoms with E-state index >= 15 is 0 Å². The summed E-state index contributed by atoms with van der Waals surface area (Å²) >= 11 is 12.2. The van der Waals surface area contributed by atoms with E-state index in [1.807, 2.05) is 60.7 Å². The molecule has 0 unspecified atom stereocenters. The number of para-hydroxylation sites is 1. The van der Waals surface area contributed by atoms with Crippen LogP contribution in [0.1, 0.15) is 27.0 Å². The van der Waals surface area contributed by atoms with E-state index in [2.05, 4.69) is 22.9 Å². The van der Waals surface area contributed by atoms with Crippen LogP contribution in [0.3, 0.4) is 0 Å². The van der Waals surface area contributed by atoms with Gasteiger partial charge in [-0.3, -0.25) is 4.79 Å². The molecule has 0 N–H and O–H groups in total. The Labute approximate surface area is 179 Å². The number of Topliss-reactive ketones (excluding diaryl/α,β-unsaturated/α-hetero) is 1. The van der Waals surface area contributed by atoms with Gasteiger partial charge in [0.05, 0.1) is 10.0 Å². The van der Waals surface area contributed by atoms with Gasteiger partial charge >= 0.3 is 0 Å². The number of carbonyl (C=O) groups is 1. The highest BCUT2D eigenvalue weighted by atomic mass is 35.5. The van der Waals surface area contributed by atoms with Gasteiger partial charge in [0.1, 0.15) is 0 Å². The van der Waals surface area contributed by atoms with Crippen LogP contribution >= 0.6 is 23.2 Å². The van der Waals surface area contributed by atoms with E-state index in [-0.39, 0.29) is 5.78 Å². The molecule has 0 fully saturated rings. The van der Waals surface area contributed by atoms with Crippen LogP contribution in [0, 0.1) is 0 Å². The van der Waals surface area contributed by atoms with Crippen LogP contribution in [0.15, 0.2) is 78.5 Å². The molecule has 4 aromatic rings. The van der Waals surface area contributed by atoms with Crippen LogP contribution in [0.4, 0.5) is 0 Å². The molecule has 0 amide bonds. The van der Waals surface area contributed by atoms with Gasteiger partial charge in [-0.1, -0.05) is 71.7 Å². The molecule has 4 heteroatoms. The Morgan fingerprint density at radius 1 is 0.931 bits per heavy atom. The third-order valence-corrected chi connectivity index (χ3v) is 6.16. The monoisotopic (exact) mass is 417 g/mol. The molecule has 3 aromatic carbocycles. The third-order valence-electron chi connectivity index (χ3n) is 5.42. The summed E-state index contributed by atoms with van der Waals surface area (Å²) < 4.78 is 2.19. The van der Waals surface area contributed by atoms with E-state index in [0.29, 0.717) is 23.0 Å². The van der Waals surface area contributed by atoms with E-state index in [4.69, 9.17) is 23.2 Å². The first-order chi connectivity index (χ1) is 14.1. The largest absolute Gasteiger partial charge is 0.342 e. The minimum Gasteiger partial charge on any atom is -0.342 e. The lowest BCUT2D eigenvalue weighted by Gasteiger charge is -2.06. The number of halogens is 2. The van der Waals surface area contributed by atoms with E-state index in [0.717, 1.165) is 38.7 Å². The van der Waals surface area contributed by atoms with Gasteiger partial charge in [-0.15, -0.1) is 0 Å². The predicted molar refractivity (Wildman–Crippen MR) is 120 cm³/mol. The number of allylic oxidation sites excluding steroid dienone is 1. The van der Waals surface area contributed by atoms with Gasteiger partial charge in [0.15, 0.2) is 5.78 Å². The molecule has 29 heavy (non-hydrogen) atoms. The number of aromatic nitrogens is 1. The summed E-state index contributed by atoms with van der Waals surface area (Å²) in [4.78, 5) is 12.8. The smallest absolute Gasteiger partial charge is 0.189 e. The highest BCUT2D eigenvalue weighted by molar-refractivity contribution is 6.42. The number of nitrogens with zero attached hydrogens (tertiary/aromatic N) is 1. The van der Waals surface area contributed by atoms with Crippen molar-refractivity contribution in [2.75, 3.05) is 0 Å². The summed E-state index contributed by atoms with van der Waals surface area (Å²) in [5, 5.41) is 2.23. The number of ketones is 1. The summed E-state index contributed by atoms with van der Waals surface area (Å²) in [5.74, 6) is 0.127. The Morgan fingerprint density at radius 2 is 1.72 bits per heavy atom. The molecule has 1 aliphatic carbocycles. The Kier molecular flexibility index (Phi) is 4.54. The average Bonchev–Trinajstić information content (AvgIpc) is 3.23. The van der Waals surface area contributed by atoms with Gasteiger partial charge in [0, 0.05) is 46.8 Å². The first kappa shape index (κ1) is 18.2. The lowest BCUT2D eigenvalue weighted by Crippen LogP contribution is -1.98. The third kappa shape index (κ3) is 3.29. The molecule has 0 atom stereocenters. The molecular weight excluding hydrogens is 401 g/mol. The van der Waals surface area contributed by atoms with Crippen LogP contribution in [-0.4, -0.2) is 10.4 Å². The molecule has 1 aromatic heterocycles. The Balaban J connectivity index is 1.56.